The molecule has 0 aliphatic carbocycles. The Kier molecular flexibility index (Phi) is 3.27. The van der Waals surface area contributed by atoms with Crippen molar-refractivity contribution in [3.05, 3.63) is 54.1 Å². The molecular formula is C15H15N5O. The molecule has 0 atom stereocenters. The SMILES string of the molecule is Cc1cc(O)cc(Nc2ncn(-c3cccnc3)n2)c1C. The lowest BCUT2D eigenvalue weighted by Crippen LogP contribution is -1.99. The van der Waals surface area contributed by atoms with Gasteiger partial charge in [0.25, 0.3) is 0 Å². The van der Waals surface area contributed by atoms with Crippen LogP contribution in [0.1, 0.15) is 11.1 Å². The van der Waals surface area contributed by atoms with Crippen molar-refractivity contribution in [3.8, 4) is 11.4 Å². The average Bonchev–Trinajstić information content (AvgIpc) is 2.94. The number of hydrogen-bond acceptors (Lipinski definition) is 5. The molecule has 0 spiro atoms. The summed E-state index contributed by atoms with van der Waals surface area (Å²) in [6, 6.07) is 7.12. The van der Waals surface area contributed by atoms with E-state index >= 15 is 0 Å². The van der Waals surface area contributed by atoms with Gasteiger partial charge in [0.1, 0.15) is 12.1 Å². The van der Waals surface area contributed by atoms with Crippen LogP contribution in [-0.4, -0.2) is 24.9 Å². The lowest BCUT2D eigenvalue weighted by Gasteiger charge is -2.09. The van der Waals surface area contributed by atoms with E-state index in [1.54, 1.807) is 35.5 Å². The minimum atomic E-state index is 0.215. The molecule has 0 aliphatic rings. The molecule has 0 bridgehead atoms. The van der Waals surface area contributed by atoms with Gasteiger partial charge in [-0.15, -0.1) is 5.10 Å². The minimum Gasteiger partial charge on any atom is -0.508 e. The van der Waals surface area contributed by atoms with Crippen molar-refractivity contribution in [1.82, 2.24) is 19.7 Å². The first kappa shape index (κ1) is 13.1. The molecule has 6 heteroatoms. The molecule has 2 aromatic heterocycles. The van der Waals surface area contributed by atoms with Crippen molar-refractivity contribution in [2.75, 3.05) is 5.32 Å². The van der Waals surface area contributed by atoms with Crippen LogP contribution in [0.3, 0.4) is 0 Å². The topological polar surface area (TPSA) is 75.9 Å². The maximum absolute atomic E-state index is 9.69. The zero-order valence-corrected chi connectivity index (χ0v) is 11.8. The number of aromatic hydroxyl groups is 1. The number of phenols is 1. The number of hydrogen-bond donors (Lipinski definition) is 2. The van der Waals surface area contributed by atoms with Crippen LogP contribution in [0.15, 0.2) is 43.0 Å². The predicted molar refractivity (Wildman–Crippen MR) is 80.0 cm³/mol. The predicted octanol–water partition coefficient (Wildman–Crippen LogP) is 2.73. The second-order valence-electron chi connectivity index (χ2n) is 4.78. The van der Waals surface area contributed by atoms with Gasteiger partial charge in [0.05, 0.1) is 11.9 Å². The Balaban J connectivity index is 1.89. The highest BCUT2D eigenvalue weighted by atomic mass is 16.3. The number of phenolic OH excluding ortho intramolecular Hbond substituents is 1. The van der Waals surface area contributed by atoms with E-state index in [9.17, 15) is 5.11 Å². The third-order valence-electron chi connectivity index (χ3n) is 3.30. The first-order valence-electron chi connectivity index (χ1n) is 6.53. The molecule has 6 nitrogen and oxygen atoms in total. The van der Waals surface area contributed by atoms with E-state index in [0.717, 1.165) is 22.5 Å². The Morgan fingerprint density at radius 3 is 2.86 bits per heavy atom. The number of nitrogens with zero attached hydrogens (tertiary/aromatic N) is 4. The number of anilines is 2. The maximum Gasteiger partial charge on any atom is 0.246 e. The summed E-state index contributed by atoms with van der Waals surface area (Å²) in [5.41, 5.74) is 3.67. The zero-order valence-electron chi connectivity index (χ0n) is 11.8. The molecule has 0 amide bonds. The number of aryl methyl sites for hydroxylation is 1. The van der Waals surface area contributed by atoms with Gasteiger partial charge in [0, 0.05) is 18.0 Å². The lowest BCUT2D eigenvalue weighted by molar-refractivity contribution is 0.475. The Labute approximate surface area is 122 Å². The minimum absolute atomic E-state index is 0.215. The number of aromatic nitrogens is 4. The quantitative estimate of drug-likeness (QED) is 0.772. The van der Waals surface area contributed by atoms with Gasteiger partial charge in [0.2, 0.25) is 5.95 Å². The van der Waals surface area contributed by atoms with Crippen molar-refractivity contribution in [3.63, 3.8) is 0 Å². The summed E-state index contributed by atoms with van der Waals surface area (Å²) in [4.78, 5) is 8.27. The van der Waals surface area contributed by atoms with Gasteiger partial charge >= 0.3 is 0 Å². The number of rotatable bonds is 3. The normalized spacial score (nSPS) is 10.6. The number of nitrogens with one attached hydrogen (secondary N) is 1. The van der Waals surface area contributed by atoms with E-state index in [-0.39, 0.29) is 5.75 Å². The van der Waals surface area contributed by atoms with Gasteiger partial charge in [-0.2, -0.15) is 4.98 Å². The van der Waals surface area contributed by atoms with Gasteiger partial charge in [0.15, 0.2) is 0 Å². The molecule has 0 saturated heterocycles. The molecule has 0 aliphatic heterocycles. The van der Waals surface area contributed by atoms with Gasteiger partial charge in [-0.3, -0.25) is 4.98 Å². The largest absolute Gasteiger partial charge is 0.508 e. The highest BCUT2D eigenvalue weighted by Gasteiger charge is 2.08. The molecule has 2 heterocycles. The average molecular weight is 281 g/mol. The summed E-state index contributed by atoms with van der Waals surface area (Å²) in [5, 5.41) is 17.2. The highest BCUT2D eigenvalue weighted by Crippen LogP contribution is 2.26. The molecule has 1 aromatic carbocycles. The fraction of sp³-hybridized carbons (Fsp3) is 0.133. The van der Waals surface area contributed by atoms with E-state index in [4.69, 9.17) is 0 Å². The van der Waals surface area contributed by atoms with E-state index in [2.05, 4.69) is 20.4 Å². The Morgan fingerprint density at radius 1 is 1.24 bits per heavy atom. The second kappa shape index (κ2) is 5.24. The summed E-state index contributed by atoms with van der Waals surface area (Å²) in [7, 11) is 0. The van der Waals surface area contributed by atoms with E-state index in [1.165, 1.54) is 0 Å². The van der Waals surface area contributed by atoms with Crippen molar-refractivity contribution in [2.45, 2.75) is 13.8 Å². The first-order chi connectivity index (χ1) is 10.1. The summed E-state index contributed by atoms with van der Waals surface area (Å²) in [6.45, 7) is 3.93. The molecule has 0 saturated carbocycles. The summed E-state index contributed by atoms with van der Waals surface area (Å²) >= 11 is 0. The van der Waals surface area contributed by atoms with Crippen molar-refractivity contribution in [2.24, 2.45) is 0 Å². The second-order valence-corrected chi connectivity index (χ2v) is 4.78. The molecule has 3 aromatic rings. The first-order valence-corrected chi connectivity index (χ1v) is 6.53. The third kappa shape index (κ3) is 2.69. The van der Waals surface area contributed by atoms with Crippen LogP contribution in [0.5, 0.6) is 5.75 Å². The lowest BCUT2D eigenvalue weighted by atomic mass is 10.1. The fourth-order valence-electron chi connectivity index (χ4n) is 2.02. The molecule has 3 rings (SSSR count). The molecule has 106 valence electrons. The summed E-state index contributed by atoms with van der Waals surface area (Å²) < 4.78 is 1.64. The van der Waals surface area contributed by atoms with Gasteiger partial charge in [-0.25, -0.2) is 4.68 Å². The van der Waals surface area contributed by atoms with Crippen LogP contribution in [0.25, 0.3) is 5.69 Å². The third-order valence-corrected chi connectivity index (χ3v) is 3.30. The maximum atomic E-state index is 9.69. The van der Waals surface area contributed by atoms with Gasteiger partial charge in [-0.05, 0) is 43.2 Å². The van der Waals surface area contributed by atoms with Crippen LogP contribution in [0.2, 0.25) is 0 Å². The van der Waals surface area contributed by atoms with E-state index in [1.807, 2.05) is 26.0 Å². The zero-order chi connectivity index (χ0) is 14.8. The van der Waals surface area contributed by atoms with E-state index in [0.29, 0.717) is 5.95 Å². The Morgan fingerprint density at radius 2 is 2.10 bits per heavy atom. The van der Waals surface area contributed by atoms with Crippen LogP contribution >= 0.6 is 0 Å². The summed E-state index contributed by atoms with van der Waals surface area (Å²) in [6.07, 6.45) is 5.03. The monoisotopic (exact) mass is 281 g/mol. The smallest absolute Gasteiger partial charge is 0.246 e. The molecule has 0 unspecified atom stereocenters. The molecule has 0 fully saturated rings. The van der Waals surface area contributed by atoms with Crippen molar-refractivity contribution >= 4 is 11.6 Å². The van der Waals surface area contributed by atoms with Crippen LogP contribution < -0.4 is 5.32 Å². The summed E-state index contributed by atoms with van der Waals surface area (Å²) in [5.74, 6) is 0.680. The van der Waals surface area contributed by atoms with E-state index < -0.39 is 0 Å². The number of pyridine rings is 1. The molecule has 21 heavy (non-hydrogen) atoms. The Bertz CT molecular complexity index is 767. The standard InChI is InChI=1S/C15H15N5O/c1-10-6-13(21)7-14(11(10)2)18-15-17-9-20(19-15)12-4-3-5-16-8-12/h3-9,21H,1-2H3,(H,18,19). The van der Waals surface area contributed by atoms with Crippen molar-refractivity contribution in [1.29, 1.82) is 0 Å². The molecular weight excluding hydrogens is 266 g/mol. The Hall–Kier alpha value is -2.89. The van der Waals surface area contributed by atoms with Crippen LogP contribution in [-0.2, 0) is 0 Å². The van der Waals surface area contributed by atoms with Crippen LogP contribution in [0.4, 0.5) is 11.6 Å². The highest BCUT2D eigenvalue weighted by molar-refractivity contribution is 5.62. The van der Waals surface area contributed by atoms with Gasteiger partial charge < -0.3 is 10.4 Å². The molecule has 0 radical (unpaired) electrons. The van der Waals surface area contributed by atoms with Crippen LogP contribution in [0, 0.1) is 13.8 Å². The fourth-order valence-corrected chi connectivity index (χ4v) is 2.02. The number of benzene rings is 1. The molecule has 2 N–H and O–H groups in total. The van der Waals surface area contributed by atoms with Crippen molar-refractivity contribution < 1.29 is 5.11 Å². The van der Waals surface area contributed by atoms with Gasteiger partial charge in [-0.1, -0.05) is 0 Å².